The molecule has 2 amide bonds. The number of nitrogens with zero attached hydrogens (tertiary/aromatic N) is 1. The number of rotatable bonds is 7. The van der Waals surface area contributed by atoms with Gasteiger partial charge in [-0.2, -0.15) is 0 Å². The van der Waals surface area contributed by atoms with E-state index < -0.39 is 24.4 Å². The van der Waals surface area contributed by atoms with Crippen molar-refractivity contribution < 1.29 is 28.7 Å². The number of imide groups is 1. The van der Waals surface area contributed by atoms with Gasteiger partial charge in [-0.3, -0.25) is 19.3 Å². The van der Waals surface area contributed by atoms with Gasteiger partial charge >= 0.3 is 5.97 Å². The zero-order valence-corrected chi connectivity index (χ0v) is 18.7. The minimum atomic E-state index is -0.751. The van der Waals surface area contributed by atoms with E-state index in [0.29, 0.717) is 22.3 Å². The second-order valence-electron chi connectivity index (χ2n) is 8.02. The number of nitrogens with one attached hydrogen (secondary N) is 1. The summed E-state index contributed by atoms with van der Waals surface area (Å²) < 4.78 is 10.6. The van der Waals surface area contributed by atoms with Crippen LogP contribution < -0.4 is 4.74 Å². The first-order valence-corrected chi connectivity index (χ1v) is 10.9. The molecule has 0 spiro atoms. The van der Waals surface area contributed by atoms with Crippen molar-refractivity contribution in [2.24, 2.45) is 0 Å². The van der Waals surface area contributed by atoms with E-state index >= 15 is 0 Å². The Balaban J connectivity index is 1.32. The molecule has 174 valence electrons. The Morgan fingerprint density at radius 3 is 2.29 bits per heavy atom. The van der Waals surface area contributed by atoms with E-state index in [1.807, 2.05) is 24.3 Å². The normalized spacial score (nSPS) is 12.7. The Hall–Kier alpha value is -4.72. The van der Waals surface area contributed by atoms with Crippen LogP contribution in [-0.2, 0) is 11.3 Å². The molecule has 5 rings (SSSR count). The molecule has 0 aliphatic carbocycles. The predicted molar refractivity (Wildman–Crippen MR) is 127 cm³/mol. The fourth-order valence-electron chi connectivity index (χ4n) is 4.17. The molecule has 8 heteroatoms. The fraction of sp³-hybridized carbons (Fsp3) is 0.111. The molecule has 35 heavy (non-hydrogen) atoms. The number of carbonyl (C=O) groups excluding carboxylic acids is 4. The maximum absolute atomic E-state index is 12.8. The third kappa shape index (κ3) is 3.95. The number of benzene rings is 3. The number of esters is 1. The van der Waals surface area contributed by atoms with E-state index in [1.165, 1.54) is 13.2 Å². The highest BCUT2D eigenvalue weighted by molar-refractivity contribution is 6.21. The molecule has 2 heterocycles. The zero-order chi connectivity index (χ0) is 24.5. The lowest BCUT2D eigenvalue weighted by atomic mass is 10.1. The van der Waals surface area contributed by atoms with Gasteiger partial charge in [0.25, 0.3) is 11.8 Å². The second-order valence-corrected chi connectivity index (χ2v) is 8.02. The van der Waals surface area contributed by atoms with Crippen LogP contribution in [0, 0.1) is 0 Å². The van der Waals surface area contributed by atoms with Gasteiger partial charge in [-0.15, -0.1) is 0 Å². The topological polar surface area (TPSA) is 106 Å². The maximum atomic E-state index is 12.8. The van der Waals surface area contributed by atoms with Gasteiger partial charge in [-0.05, 0) is 35.9 Å². The summed E-state index contributed by atoms with van der Waals surface area (Å²) in [6.07, 6.45) is 1.59. The predicted octanol–water partition coefficient (Wildman–Crippen LogP) is 4.01. The first kappa shape index (κ1) is 22.1. The van der Waals surface area contributed by atoms with Gasteiger partial charge in [0.2, 0.25) is 5.78 Å². The average molecular weight is 468 g/mol. The van der Waals surface area contributed by atoms with Crippen LogP contribution in [0.15, 0.2) is 72.9 Å². The number of ketones is 1. The average Bonchev–Trinajstić information content (AvgIpc) is 3.42. The summed E-state index contributed by atoms with van der Waals surface area (Å²) in [7, 11) is 1.41. The van der Waals surface area contributed by atoms with Crippen LogP contribution in [0.2, 0.25) is 0 Å². The number of H-pyrrole nitrogens is 1. The molecule has 1 aliphatic heterocycles. The van der Waals surface area contributed by atoms with Crippen molar-refractivity contribution >= 4 is 34.5 Å². The molecule has 1 aliphatic rings. The summed E-state index contributed by atoms with van der Waals surface area (Å²) in [5.41, 5.74) is 2.57. The summed E-state index contributed by atoms with van der Waals surface area (Å²) in [6, 6.07) is 18.7. The SMILES string of the molecule is COc1ccc(CN2C(=O)c3ccccc3C2=O)cc1C(=O)OCC(=O)c1c[nH]c2ccccc12. The van der Waals surface area contributed by atoms with Gasteiger partial charge in [0.15, 0.2) is 6.61 Å². The molecule has 1 aromatic heterocycles. The Kier molecular flexibility index (Phi) is 5.62. The molecule has 0 atom stereocenters. The van der Waals surface area contributed by atoms with Crippen molar-refractivity contribution in [1.29, 1.82) is 0 Å². The lowest BCUT2D eigenvalue weighted by Gasteiger charge is -2.16. The van der Waals surface area contributed by atoms with Gasteiger partial charge in [0, 0.05) is 22.7 Å². The lowest BCUT2D eigenvalue weighted by molar-refractivity contribution is 0.0472. The third-order valence-corrected chi connectivity index (χ3v) is 5.93. The number of Topliss-reactive ketones (excluding diaryl/α,β-unsaturated/α-hetero) is 1. The summed E-state index contributed by atoms with van der Waals surface area (Å²) in [5.74, 6) is -1.64. The Bertz CT molecular complexity index is 1470. The van der Waals surface area contributed by atoms with Crippen LogP contribution in [0.1, 0.15) is 47.0 Å². The largest absolute Gasteiger partial charge is 0.496 e. The zero-order valence-electron chi connectivity index (χ0n) is 18.7. The summed E-state index contributed by atoms with van der Waals surface area (Å²) in [4.78, 5) is 55.0. The number of ether oxygens (including phenoxy) is 2. The minimum absolute atomic E-state index is 0.0229. The molecule has 8 nitrogen and oxygen atoms in total. The number of hydrogen-bond donors (Lipinski definition) is 1. The number of hydrogen-bond acceptors (Lipinski definition) is 6. The summed E-state index contributed by atoms with van der Waals surface area (Å²) >= 11 is 0. The monoisotopic (exact) mass is 468 g/mol. The molecule has 4 aromatic rings. The highest BCUT2D eigenvalue weighted by atomic mass is 16.5. The Labute approximate surface area is 200 Å². The maximum Gasteiger partial charge on any atom is 0.342 e. The van der Waals surface area contributed by atoms with Gasteiger partial charge in [0.05, 0.1) is 24.8 Å². The summed E-state index contributed by atoms with van der Waals surface area (Å²) in [6.45, 7) is -0.475. The van der Waals surface area contributed by atoms with Crippen molar-refractivity contribution in [2.75, 3.05) is 13.7 Å². The lowest BCUT2D eigenvalue weighted by Crippen LogP contribution is -2.29. The number of aromatic amines is 1. The number of aromatic nitrogens is 1. The summed E-state index contributed by atoms with van der Waals surface area (Å²) in [5, 5.41) is 0.745. The molecule has 0 fully saturated rings. The van der Waals surface area contributed by atoms with Crippen molar-refractivity contribution in [2.45, 2.75) is 6.54 Å². The van der Waals surface area contributed by atoms with Crippen molar-refractivity contribution in [3.05, 3.63) is 101 Å². The number of fused-ring (bicyclic) bond motifs is 2. The molecule has 0 unspecified atom stereocenters. The van der Waals surface area contributed by atoms with Gasteiger partial charge in [-0.1, -0.05) is 36.4 Å². The number of carbonyl (C=O) groups is 4. The molecule has 0 saturated carbocycles. The van der Waals surface area contributed by atoms with Crippen LogP contribution >= 0.6 is 0 Å². The molecular formula is C27H20N2O6. The minimum Gasteiger partial charge on any atom is -0.496 e. The van der Waals surface area contributed by atoms with Gasteiger partial charge in [0.1, 0.15) is 11.3 Å². The second kappa shape index (κ2) is 8.90. The molecule has 0 bridgehead atoms. The third-order valence-electron chi connectivity index (χ3n) is 5.93. The first-order valence-electron chi connectivity index (χ1n) is 10.9. The van der Waals surface area contributed by atoms with Crippen LogP contribution in [0.5, 0.6) is 5.75 Å². The Morgan fingerprint density at radius 1 is 0.886 bits per heavy atom. The Morgan fingerprint density at radius 2 is 1.57 bits per heavy atom. The van der Waals surface area contributed by atoms with Crippen molar-refractivity contribution in [3.8, 4) is 5.75 Å². The molecule has 3 aromatic carbocycles. The number of para-hydroxylation sites is 1. The van der Waals surface area contributed by atoms with E-state index in [4.69, 9.17) is 9.47 Å². The van der Waals surface area contributed by atoms with Crippen LogP contribution in [0.3, 0.4) is 0 Å². The number of methoxy groups -OCH3 is 1. The highest BCUT2D eigenvalue weighted by Crippen LogP contribution is 2.27. The van der Waals surface area contributed by atoms with Crippen LogP contribution in [0.25, 0.3) is 10.9 Å². The van der Waals surface area contributed by atoms with Crippen molar-refractivity contribution in [3.63, 3.8) is 0 Å². The molecule has 0 saturated heterocycles. The van der Waals surface area contributed by atoms with Gasteiger partial charge in [-0.25, -0.2) is 4.79 Å². The quantitative estimate of drug-likeness (QED) is 0.250. The highest BCUT2D eigenvalue weighted by Gasteiger charge is 2.35. The van der Waals surface area contributed by atoms with Crippen LogP contribution in [0.4, 0.5) is 0 Å². The van der Waals surface area contributed by atoms with E-state index in [1.54, 1.807) is 42.6 Å². The van der Waals surface area contributed by atoms with E-state index in [9.17, 15) is 19.2 Å². The van der Waals surface area contributed by atoms with E-state index in [-0.39, 0.29) is 23.6 Å². The van der Waals surface area contributed by atoms with Gasteiger partial charge < -0.3 is 14.5 Å². The molecular weight excluding hydrogens is 448 g/mol. The molecule has 1 N–H and O–H groups in total. The van der Waals surface area contributed by atoms with Crippen molar-refractivity contribution in [1.82, 2.24) is 9.88 Å². The van der Waals surface area contributed by atoms with Crippen LogP contribution in [-0.4, -0.2) is 47.2 Å². The molecule has 0 radical (unpaired) electrons. The fourth-order valence-corrected chi connectivity index (χ4v) is 4.17. The smallest absolute Gasteiger partial charge is 0.342 e. The van der Waals surface area contributed by atoms with E-state index in [2.05, 4.69) is 4.98 Å². The standard InChI is InChI=1S/C27H20N2O6/c1-34-24-11-10-16(14-29-25(31)18-7-2-3-8-19(18)26(29)32)12-20(24)27(33)35-15-23(30)21-13-28-22-9-5-4-6-17(21)22/h2-13,28H,14-15H2,1H3. The van der Waals surface area contributed by atoms with E-state index in [0.717, 1.165) is 15.8 Å². The number of amides is 2. The first-order chi connectivity index (χ1) is 17.0.